The van der Waals surface area contributed by atoms with Crippen molar-refractivity contribution in [1.29, 1.82) is 0 Å². The normalized spacial score (nSPS) is 23.9. The summed E-state index contributed by atoms with van der Waals surface area (Å²) in [6, 6.07) is 19.7. The van der Waals surface area contributed by atoms with Gasteiger partial charge in [-0.25, -0.2) is 0 Å². The first-order valence-electron chi connectivity index (χ1n) is 8.33. The zero-order valence-corrected chi connectivity index (χ0v) is 13.3. The lowest BCUT2D eigenvalue weighted by Crippen LogP contribution is -2.34. The van der Waals surface area contributed by atoms with E-state index in [1.807, 2.05) is 0 Å². The Kier molecular flexibility index (Phi) is 2.87. The molecular formula is C20H20N2O. The highest BCUT2D eigenvalue weighted by atomic mass is 16.5. The lowest BCUT2D eigenvalue weighted by molar-refractivity contribution is 0.0277. The fourth-order valence-electron chi connectivity index (χ4n) is 4.37. The maximum atomic E-state index is 6.21. The number of rotatable bonds is 1. The first-order valence-corrected chi connectivity index (χ1v) is 8.33. The van der Waals surface area contributed by atoms with E-state index in [0.29, 0.717) is 6.04 Å². The van der Waals surface area contributed by atoms with Crippen LogP contribution < -0.4 is 0 Å². The number of ether oxygens (including phenoxy) is 1. The predicted molar refractivity (Wildman–Crippen MR) is 91.2 cm³/mol. The monoisotopic (exact) mass is 304 g/mol. The van der Waals surface area contributed by atoms with E-state index in [-0.39, 0.29) is 6.23 Å². The summed E-state index contributed by atoms with van der Waals surface area (Å²) >= 11 is 0. The topological polar surface area (TPSA) is 17.4 Å². The summed E-state index contributed by atoms with van der Waals surface area (Å²) in [6.45, 7) is 1.84. The van der Waals surface area contributed by atoms with Crippen molar-refractivity contribution in [2.75, 3.05) is 13.2 Å². The largest absolute Gasteiger partial charge is 0.357 e. The van der Waals surface area contributed by atoms with Crippen LogP contribution in [0.25, 0.3) is 10.9 Å². The highest BCUT2D eigenvalue weighted by Gasteiger charge is 2.41. The Bertz CT molecular complexity index is 868. The van der Waals surface area contributed by atoms with Crippen LogP contribution in [-0.2, 0) is 18.2 Å². The zero-order chi connectivity index (χ0) is 15.4. The predicted octanol–water partition coefficient (Wildman–Crippen LogP) is 3.81. The molecule has 0 bridgehead atoms. The van der Waals surface area contributed by atoms with Crippen molar-refractivity contribution in [3.63, 3.8) is 0 Å². The van der Waals surface area contributed by atoms with Gasteiger partial charge in [-0.15, -0.1) is 0 Å². The first-order chi connectivity index (χ1) is 11.3. The number of para-hydroxylation sites is 1. The fourth-order valence-corrected chi connectivity index (χ4v) is 4.37. The third-order valence-electron chi connectivity index (χ3n) is 5.39. The standard InChI is InChI=1S/C20H20N2O/c1-21-17-10-6-5-9-15(17)16-11-12-22-18(19(16)21)13-23-20(22)14-7-3-2-4-8-14/h2-10,18,20H,11-13H2,1H3. The average molecular weight is 304 g/mol. The molecule has 2 aliphatic heterocycles. The highest BCUT2D eigenvalue weighted by molar-refractivity contribution is 5.86. The second-order valence-electron chi connectivity index (χ2n) is 6.54. The molecule has 3 aromatic rings. The number of aryl methyl sites for hydroxylation is 1. The maximum Gasteiger partial charge on any atom is 0.137 e. The van der Waals surface area contributed by atoms with E-state index < -0.39 is 0 Å². The van der Waals surface area contributed by atoms with Gasteiger partial charge in [0.25, 0.3) is 0 Å². The van der Waals surface area contributed by atoms with Gasteiger partial charge in [-0.2, -0.15) is 0 Å². The van der Waals surface area contributed by atoms with Gasteiger partial charge >= 0.3 is 0 Å². The Morgan fingerprint density at radius 1 is 1.00 bits per heavy atom. The maximum absolute atomic E-state index is 6.21. The molecule has 23 heavy (non-hydrogen) atoms. The van der Waals surface area contributed by atoms with E-state index in [9.17, 15) is 0 Å². The van der Waals surface area contributed by atoms with Crippen LogP contribution in [0, 0.1) is 0 Å². The molecule has 1 saturated heterocycles. The Hall–Kier alpha value is -2.10. The molecule has 0 saturated carbocycles. The number of fused-ring (bicyclic) bond motifs is 5. The smallest absolute Gasteiger partial charge is 0.137 e. The molecule has 5 rings (SSSR count). The molecule has 1 fully saturated rings. The minimum absolute atomic E-state index is 0.0902. The molecule has 2 atom stereocenters. The van der Waals surface area contributed by atoms with E-state index >= 15 is 0 Å². The highest BCUT2D eigenvalue weighted by Crippen LogP contribution is 2.44. The van der Waals surface area contributed by atoms with Gasteiger partial charge in [0.1, 0.15) is 6.23 Å². The van der Waals surface area contributed by atoms with Crippen molar-refractivity contribution in [3.8, 4) is 0 Å². The lowest BCUT2D eigenvalue weighted by atomic mass is 9.97. The molecule has 1 aromatic heterocycles. The van der Waals surface area contributed by atoms with Crippen LogP contribution in [0.4, 0.5) is 0 Å². The quantitative estimate of drug-likeness (QED) is 0.680. The van der Waals surface area contributed by atoms with Gasteiger partial charge in [0.15, 0.2) is 0 Å². The van der Waals surface area contributed by atoms with E-state index in [0.717, 1.165) is 19.6 Å². The molecule has 2 aromatic carbocycles. The minimum Gasteiger partial charge on any atom is -0.357 e. The fraction of sp³-hybridized carbons (Fsp3) is 0.300. The second kappa shape index (κ2) is 4.95. The molecule has 0 aliphatic carbocycles. The van der Waals surface area contributed by atoms with E-state index in [2.05, 4.69) is 71.1 Å². The van der Waals surface area contributed by atoms with Crippen LogP contribution in [0.2, 0.25) is 0 Å². The Morgan fingerprint density at radius 2 is 1.78 bits per heavy atom. The number of benzene rings is 2. The molecule has 0 N–H and O–H groups in total. The molecular weight excluding hydrogens is 284 g/mol. The van der Waals surface area contributed by atoms with Gasteiger partial charge in [-0.3, -0.25) is 4.90 Å². The molecule has 3 nitrogen and oxygen atoms in total. The number of aromatic nitrogens is 1. The van der Waals surface area contributed by atoms with Crippen LogP contribution >= 0.6 is 0 Å². The van der Waals surface area contributed by atoms with Crippen molar-refractivity contribution in [2.24, 2.45) is 7.05 Å². The summed E-state index contributed by atoms with van der Waals surface area (Å²) in [4.78, 5) is 2.52. The van der Waals surface area contributed by atoms with Crippen molar-refractivity contribution in [2.45, 2.75) is 18.7 Å². The van der Waals surface area contributed by atoms with Gasteiger partial charge in [0.05, 0.1) is 12.6 Å². The zero-order valence-electron chi connectivity index (χ0n) is 13.3. The molecule has 3 heteroatoms. The van der Waals surface area contributed by atoms with Crippen LogP contribution in [0.15, 0.2) is 54.6 Å². The van der Waals surface area contributed by atoms with E-state index in [4.69, 9.17) is 4.74 Å². The van der Waals surface area contributed by atoms with Gasteiger partial charge in [0, 0.05) is 30.2 Å². The first kappa shape index (κ1) is 13.3. The van der Waals surface area contributed by atoms with Crippen LogP contribution in [0.5, 0.6) is 0 Å². The van der Waals surface area contributed by atoms with Crippen LogP contribution in [-0.4, -0.2) is 22.6 Å². The molecule has 0 spiro atoms. The van der Waals surface area contributed by atoms with Crippen LogP contribution in [0.3, 0.4) is 0 Å². The SMILES string of the molecule is Cn1c2c(c3ccccc31)CCN1C2COC1c1ccccc1. The Morgan fingerprint density at radius 3 is 2.65 bits per heavy atom. The van der Waals surface area contributed by atoms with Crippen molar-refractivity contribution < 1.29 is 4.74 Å². The van der Waals surface area contributed by atoms with E-state index in [1.54, 1.807) is 0 Å². The molecule has 2 unspecified atom stereocenters. The summed E-state index contributed by atoms with van der Waals surface area (Å²) in [5, 5.41) is 1.41. The van der Waals surface area contributed by atoms with Crippen molar-refractivity contribution in [3.05, 3.63) is 71.4 Å². The Labute approximate surface area is 136 Å². The molecule has 2 aliphatic rings. The van der Waals surface area contributed by atoms with Gasteiger partial charge in [-0.05, 0) is 23.6 Å². The van der Waals surface area contributed by atoms with Crippen molar-refractivity contribution in [1.82, 2.24) is 9.47 Å². The van der Waals surface area contributed by atoms with Gasteiger partial charge in [-0.1, -0.05) is 48.5 Å². The summed E-state index contributed by atoms with van der Waals surface area (Å²) in [5.74, 6) is 0. The lowest BCUT2D eigenvalue weighted by Gasteiger charge is -2.33. The second-order valence-corrected chi connectivity index (χ2v) is 6.54. The third kappa shape index (κ3) is 1.84. The molecule has 116 valence electrons. The Balaban J connectivity index is 1.61. The van der Waals surface area contributed by atoms with E-state index in [1.165, 1.54) is 27.7 Å². The minimum atomic E-state index is 0.0902. The molecule has 3 heterocycles. The van der Waals surface area contributed by atoms with Crippen molar-refractivity contribution >= 4 is 10.9 Å². The molecule has 0 radical (unpaired) electrons. The number of hydrogen-bond donors (Lipinski definition) is 0. The van der Waals surface area contributed by atoms with Crippen LogP contribution in [0.1, 0.15) is 29.1 Å². The summed E-state index contributed by atoms with van der Waals surface area (Å²) in [6.07, 6.45) is 1.19. The van der Waals surface area contributed by atoms with Gasteiger partial charge < -0.3 is 9.30 Å². The third-order valence-corrected chi connectivity index (χ3v) is 5.39. The van der Waals surface area contributed by atoms with Gasteiger partial charge in [0.2, 0.25) is 0 Å². The summed E-state index contributed by atoms with van der Waals surface area (Å²) in [7, 11) is 2.19. The summed E-state index contributed by atoms with van der Waals surface area (Å²) in [5.41, 5.74) is 5.55. The number of nitrogens with zero attached hydrogens (tertiary/aromatic N) is 2. The summed E-state index contributed by atoms with van der Waals surface area (Å²) < 4.78 is 8.58. The molecule has 0 amide bonds. The average Bonchev–Trinajstić information content (AvgIpc) is 3.16. The number of hydrogen-bond acceptors (Lipinski definition) is 2.